The van der Waals surface area contributed by atoms with Gasteiger partial charge in [0.2, 0.25) is 5.01 Å². The summed E-state index contributed by atoms with van der Waals surface area (Å²) in [7, 11) is 0. The molecule has 1 aliphatic rings. The molecule has 1 fully saturated rings. The number of benzene rings is 1. The molecule has 0 atom stereocenters. The summed E-state index contributed by atoms with van der Waals surface area (Å²) in [6.07, 6.45) is 3.28. The number of ether oxygens (including phenoxy) is 1. The summed E-state index contributed by atoms with van der Waals surface area (Å²) in [6, 6.07) is 10.6. The Kier molecular flexibility index (Phi) is 6.35. The average molecular weight is 373 g/mol. The SMILES string of the molecule is CCOC(=O)c1ncc(C(=O)NC2CCN(Cc3ccccc3)CC2)s1. The lowest BCUT2D eigenvalue weighted by Crippen LogP contribution is -2.44. The number of esters is 1. The van der Waals surface area contributed by atoms with E-state index >= 15 is 0 Å². The molecule has 0 saturated carbocycles. The van der Waals surface area contributed by atoms with Crippen molar-refractivity contribution in [2.24, 2.45) is 0 Å². The Bertz CT molecular complexity index is 739. The van der Waals surface area contributed by atoms with Gasteiger partial charge in [-0.2, -0.15) is 0 Å². The number of aromatic nitrogens is 1. The Morgan fingerprint density at radius 2 is 2.00 bits per heavy atom. The number of nitrogens with one attached hydrogen (secondary N) is 1. The van der Waals surface area contributed by atoms with Gasteiger partial charge in [0.1, 0.15) is 4.88 Å². The fraction of sp³-hybridized carbons (Fsp3) is 0.421. The van der Waals surface area contributed by atoms with Crippen molar-refractivity contribution in [3.63, 3.8) is 0 Å². The molecule has 1 saturated heterocycles. The monoisotopic (exact) mass is 373 g/mol. The number of carbonyl (C=O) groups is 2. The van der Waals surface area contributed by atoms with Gasteiger partial charge in [-0.3, -0.25) is 9.69 Å². The number of amides is 1. The largest absolute Gasteiger partial charge is 0.461 e. The standard InChI is InChI=1S/C19H23N3O3S/c1-2-25-19(24)18-20-12-16(26-18)17(23)21-15-8-10-22(11-9-15)13-14-6-4-3-5-7-14/h3-7,12,15H,2,8-11,13H2,1H3,(H,21,23). The van der Waals surface area contributed by atoms with Crippen molar-refractivity contribution in [2.75, 3.05) is 19.7 Å². The molecule has 0 bridgehead atoms. The smallest absolute Gasteiger partial charge is 0.367 e. The molecule has 0 radical (unpaired) electrons. The third-order valence-corrected chi connectivity index (χ3v) is 5.33. The first-order chi connectivity index (χ1) is 12.7. The zero-order chi connectivity index (χ0) is 18.4. The van der Waals surface area contributed by atoms with Crippen molar-refractivity contribution in [3.05, 3.63) is 52.0 Å². The Labute approximate surface area is 157 Å². The first kappa shape index (κ1) is 18.5. The summed E-state index contributed by atoms with van der Waals surface area (Å²) in [5.74, 6) is -0.648. The van der Waals surface area contributed by atoms with Crippen molar-refractivity contribution in [1.29, 1.82) is 0 Å². The zero-order valence-electron chi connectivity index (χ0n) is 14.8. The maximum Gasteiger partial charge on any atom is 0.367 e. The lowest BCUT2D eigenvalue weighted by molar-refractivity contribution is 0.0526. The predicted molar refractivity (Wildman–Crippen MR) is 100 cm³/mol. The van der Waals surface area contributed by atoms with E-state index in [1.165, 1.54) is 11.8 Å². The quantitative estimate of drug-likeness (QED) is 0.789. The van der Waals surface area contributed by atoms with Crippen LogP contribution < -0.4 is 5.32 Å². The zero-order valence-corrected chi connectivity index (χ0v) is 15.6. The van der Waals surface area contributed by atoms with E-state index < -0.39 is 5.97 Å². The highest BCUT2D eigenvalue weighted by Crippen LogP contribution is 2.17. The van der Waals surface area contributed by atoms with Crippen LogP contribution in [-0.4, -0.2) is 47.5 Å². The molecule has 6 nitrogen and oxygen atoms in total. The maximum absolute atomic E-state index is 12.4. The molecule has 1 amide bonds. The van der Waals surface area contributed by atoms with Gasteiger partial charge < -0.3 is 10.1 Å². The van der Waals surface area contributed by atoms with E-state index in [1.54, 1.807) is 6.92 Å². The Morgan fingerprint density at radius 1 is 1.27 bits per heavy atom. The van der Waals surface area contributed by atoms with Crippen LogP contribution in [0.15, 0.2) is 36.5 Å². The van der Waals surface area contributed by atoms with E-state index in [2.05, 4.69) is 39.5 Å². The molecule has 138 valence electrons. The molecule has 1 aliphatic heterocycles. The third-order valence-electron chi connectivity index (χ3n) is 4.35. The lowest BCUT2D eigenvalue weighted by atomic mass is 10.0. The molecule has 0 aliphatic carbocycles. The molecule has 7 heteroatoms. The number of likely N-dealkylation sites (tertiary alicyclic amines) is 1. The highest BCUT2D eigenvalue weighted by Gasteiger charge is 2.23. The van der Waals surface area contributed by atoms with Crippen LogP contribution in [0.1, 0.15) is 44.8 Å². The fourth-order valence-corrected chi connectivity index (χ4v) is 3.71. The lowest BCUT2D eigenvalue weighted by Gasteiger charge is -2.32. The summed E-state index contributed by atoms with van der Waals surface area (Å²) in [4.78, 5) is 30.9. The second kappa shape index (κ2) is 8.91. The number of hydrogen-bond acceptors (Lipinski definition) is 6. The van der Waals surface area contributed by atoms with Crippen molar-refractivity contribution in [2.45, 2.75) is 32.4 Å². The number of rotatable bonds is 6. The van der Waals surface area contributed by atoms with Crippen LogP contribution in [0.3, 0.4) is 0 Å². The van der Waals surface area contributed by atoms with Gasteiger partial charge in [-0.25, -0.2) is 9.78 Å². The van der Waals surface area contributed by atoms with Gasteiger partial charge in [0, 0.05) is 25.7 Å². The first-order valence-electron chi connectivity index (χ1n) is 8.85. The van der Waals surface area contributed by atoms with Gasteiger partial charge in [-0.15, -0.1) is 11.3 Å². The number of thiazole rings is 1. The number of piperidine rings is 1. The number of carbonyl (C=O) groups excluding carboxylic acids is 2. The number of hydrogen-bond donors (Lipinski definition) is 1. The van der Waals surface area contributed by atoms with Crippen LogP contribution in [-0.2, 0) is 11.3 Å². The third kappa shape index (κ3) is 4.89. The molecular formula is C19H23N3O3S. The average Bonchev–Trinajstić information content (AvgIpc) is 3.15. The molecule has 1 aromatic heterocycles. The van der Waals surface area contributed by atoms with E-state index in [1.807, 2.05) is 6.07 Å². The second-order valence-electron chi connectivity index (χ2n) is 6.26. The van der Waals surface area contributed by atoms with Gasteiger partial charge in [0.05, 0.1) is 12.8 Å². The second-order valence-corrected chi connectivity index (χ2v) is 7.29. The van der Waals surface area contributed by atoms with Gasteiger partial charge in [0.15, 0.2) is 0 Å². The summed E-state index contributed by atoms with van der Waals surface area (Å²) in [6.45, 7) is 4.89. The molecule has 2 aromatic rings. The molecule has 26 heavy (non-hydrogen) atoms. The van der Waals surface area contributed by atoms with E-state index in [4.69, 9.17) is 4.74 Å². The van der Waals surface area contributed by atoms with Crippen LogP contribution in [0.25, 0.3) is 0 Å². The molecule has 0 spiro atoms. The van der Waals surface area contributed by atoms with E-state index in [0.29, 0.717) is 11.5 Å². The minimum atomic E-state index is -0.481. The van der Waals surface area contributed by atoms with Gasteiger partial charge >= 0.3 is 5.97 Å². The van der Waals surface area contributed by atoms with Gasteiger partial charge in [0.25, 0.3) is 5.91 Å². The Morgan fingerprint density at radius 3 is 2.69 bits per heavy atom. The van der Waals surface area contributed by atoms with Gasteiger partial charge in [-0.1, -0.05) is 30.3 Å². The highest BCUT2D eigenvalue weighted by molar-refractivity contribution is 7.15. The molecule has 2 heterocycles. The van der Waals surface area contributed by atoms with Crippen LogP contribution >= 0.6 is 11.3 Å². The Hall–Kier alpha value is -2.25. The molecule has 1 N–H and O–H groups in total. The summed E-state index contributed by atoms with van der Waals surface area (Å²) in [5, 5.41) is 3.27. The molecule has 3 rings (SSSR count). The fourth-order valence-electron chi connectivity index (χ4n) is 3.00. The van der Waals surface area contributed by atoms with Crippen molar-refractivity contribution in [3.8, 4) is 0 Å². The van der Waals surface area contributed by atoms with Gasteiger partial charge in [-0.05, 0) is 25.3 Å². The highest BCUT2D eigenvalue weighted by atomic mass is 32.1. The normalized spacial score (nSPS) is 15.6. The van der Waals surface area contributed by atoms with Crippen LogP contribution in [0, 0.1) is 0 Å². The Balaban J connectivity index is 1.47. The maximum atomic E-state index is 12.4. The predicted octanol–water partition coefficient (Wildman–Crippen LogP) is 2.71. The molecule has 1 aromatic carbocycles. The minimum Gasteiger partial charge on any atom is -0.461 e. The molecular weight excluding hydrogens is 350 g/mol. The van der Waals surface area contributed by atoms with Crippen LogP contribution in [0.2, 0.25) is 0 Å². The summed E-state index contributed by atoms with van der Waals surface area (Å²) >= 11 is 1.07. The topological polar surface area (TPSA) is 71.5 Å². The summed E-state index contributed by atoms with van der Waals surface area (Å²) in [5.41, 5.74) is 1.31. The minimum absolute atomic E-state index is 0.155. The van der Waals surface area contributed by atoms with E-state index in [0.717, 1.165) is 43.8 Å². The van der Waals surface area contributed by atoms with Crippen LogP contribution in [0.4, 0.5) is 0 Å². The van der Waals surface area contributed by atoms with Crippen LogP contribution in [0.5, 0.6) is 0 Å². The van der Waals surface area contributed by atoms with Crippen molar-refractivity contribution >= 4 is 23.2 Å². The van der Waals surface area contributed by atoms with Crippen molar-refractivity contribution in [1.82, 2.24) is 15.2 Å². The molecule has 0 unspecified atom stereocenters. The van der Waals surface area contributed by atoms with Crippen molar-refractivity contribution < 1.29 is 14.3 Å². The number of nitrogens with zero attached hydrogens (tertiary/aromatic N) is 2. The summed E-state index contributed by atoms with van der Waals surface area (Å²) < 4.78 is 4.90. The van der Waals surface area contributed by atoms with E-state index in [9.17, 15) is 9.59 Å². The first-order valence-corrected chi connectivity index (χ1v) is 9.67. The van der Waals surface area contributed by atoms with E-state index in [-0.39, 0.29) is 17.0 Å².